The lowest BCUT2D eigenvalue weighted by molar-refractivity contribution is 0.487. The topological polar surface area (TPSA) is 36.4 Å². The summed E-state index contributed by atoms with van der Waals surface area (Å²) in [4.78, 5) is 4.63. The van der Waals surface area contributed by atoms with Crippen molar-refractivity contribution >= 4 is 41.7 Å². The Balaban J connectivity index is 0.00000324. The van der Waals surface area contributed by atoms with Gasteiger partial charge in [-0.2, -0.15) is 11.8 Å². The van der Waals surface area contributed by atoms with Crippen molar-refractivity contribution in [3.63, 3.8) is 0 Å². The molecule has 2 N–H and O–H groups in total. The molecule has 114 valence electrons. The Bertz CT molecular complexity index is 231. The highest BCUT2D eigenvalue weighted by atomic mass is 127. The molecule has 0 radical (unpaired) electrons. The number of thioether (sulfide) groups is 1. The van der Waals surface area contributed by atoms with Crippen LogP contribution in [-0.4, -0.2) is 37.6 Å². The molecule has 0 aliphatic heterocycles. The first-order valence-electron chi connectivity index (χ1n) is 7.38. The molecule has 0 aromatic heterocycles. The largest absolute Gasteiger partial charge is 0.357 e. The van der Waals surface area contributed by atoms with Gasteiger partial charge in [0.15, 0.2) is 5.96 Å². The highest BCUT2D eigenvalue weighted by molar-refractivity contribution is 14.0. The van der Waals surface area contributed by atoms with Crippen molar-refractivity contribution in [3.05, 3.63) is 0 Å². The first kappa shape index (κ1) is 19.4. The molecule has 0 aromatic rings. The van der Waals surface area contributed by atoms with E-state index in [2.05, 4.69) is 28.8 Å². The molecule has 0 unspecified atom stereocenters. The van der Waals surface area contributed by atoms with E-state index in [-0.39, 0.29) is 24.0 Å². The molecule has 1 fully saturated rings. The van der Waals surface area contributed by atoms with Crippen LogP contribution in [0, 0.1) is 5.92 Å². The minimum atomic E-state index is 0. The van der Waals surface area contributed by atoms with Gasteiger partial charge in [-0.15, -0.1) is 24.0 Å². The Labute approximate surface area is 140 Å². The van der Waals surface area contributed by atoms with Gasteiger partial charge in [-0.3, -0.25) is 4.99 Å². The summed E-state index contributed by atoms with van der Waals surface area (Å²) < 4.78 is 0. The summed E-state index contributed by atoms with van der Waals surface area (Å²) in [5, 5.41) is 6.67. The molecule has 1 aliphatic rings. The number of hydrogen-bond acceptors (Lipinski definition) is 2. The Morgan fingerprint density at radius 3 is 2.63 bits per heavy atom. The van der Waals surface area contributed by atoms with E-state index in [0.29, 0.717) is 0 Å². The van der Waals surface area contributed by atoms with E-state index in [0.717, 1.165) is 37.3 Å². The minimum Gasteiger partial charge on any atom is -0.357 e. The lowest BCUT2D eigenvalue weighted by Gasteiger charge is -2.11. The molecular formula is C14H30IN3S. The number of nitrogens with one attached hydrogen (secondary N) is 2. The normalized spacial score (nSPS) is 16.2. The summed E-state index contributed by atoms with van der Waals surface area (Å²) in [6, 6.07) is 0. The fraction of sp³-hybridized carbons (Fsp3) is 0.929. The third kappa shape index (κ3) is 9.82. The van der Waals surface area contributed by atoms with Crippen molar-refractivity contribution < 1.29 is 0 Å². The summed E-state index contributed by atoms with van der Waals surface area (Å²) in [7, 11) is 0. The van der Waals surface area contributed by atoms with E-state index in [4.69, 9.17) is 0 Å². The summed E-state index contributed by atoms with van der Waals surface area (Å²) in [5.74, 6) is 3.11. The zero-order valence-electron chi connectivity index (χ0n) is 12.4. The van der Waals surface area contributed by atoms with Gasteiger partial charge in [0.25, 0.3) is 0 Å². The van der Waals surface area contributed by atoms with E-state index < -0.39 is 0 Å². The van der Waals surface area contributed by atoms with Gasteiger partial charge in [0.1, 0.15) is 0 Å². The maximum Gasteiger partial charge on any atom is 0.191 e. The fourth-order valence-electron chi connectivity index (χ4n) is 2.48. The minimum absolute atomic E-state index is 0. The highest BCUT2D eigenvalue weighted by Crippen LogP contribution is 2.28. The molecule has 0 atom stereocenters. The predicted molar refractivity (Wildman–Crippen MR) is 99.0 cm³/mol. The quantitative estimate of drug-likeness (QED) is 0.284. The number of halogens is 1. The second-order valence-corrected chi connectivity index (χ2v) is 5.96. The Hall–Kier alpha value is 0.350. The summed E-state index contributed by atoms with van der Waals surface area (Å²) in [6.45, 7) is 5.01. The molecular weight excluding hydrogens is 369 g/mol. The van der Waals surface area contributed by atoms with E-state index in [1.165, 1.54) is 38.5 Å². The molecule has 0 saturated heterocycles. The van der Waals surface area contributed by atoms with Gasteiger partial charge in [0.05, 0.1) is 0 Å². The highest BCUT2D eigenvalue weighted by Gasteiger charge is 2.13. The second kappa shape index (κ2) is 13.3. The van der Waals surface area contributed by atoms with Crippen LogP contribution in [0.5, 0.6) is 0 Å². The number of hydrogen-bond donors (Lipinski definition) is 2. The molecule has 0 bridgehead atoms. The first-order valence-corrected chi connectivity index (χ1v) is 8.77. The molecule has 1 aliphatic carbocycles. The van der Waals surface area contributed by atoms with Crippen LogP contribution in [-0.2, 0) is 0 Å². The lowest BCUT2D eigenvalue weighted by Crippen LogP contribution is -2.38. The number of aliphatic imine (C=N–C) groups is 1. The van der Waals surface area contributed by atoms with Crippen LogP contribution in [0.2, 0.25) is 0 Å². The monoisotopic (exact) mass is 399 g/mol. The third-order valence-electron chi connectivity index (χ3n) is 3.46. The van der Waals surface area contributed by atoms with Gasteiger partial charge < -0.3 is 10.6 Å². The molecule has 1 rings (SSSR count). The molecule has 0 amide bonds. The summed E-state index contributed by atoms with van der Waals surface area (Å²) >= 11 is 1.86. The van der Waals surface area contributed by atoms with Gasteiger partial charge in [0, 0.05) is 25.4 Å². The average molecular weight is 399 g/mol. The number of nitrogens with zero attached hydrogens (tertiary/aromatic N) is 1. The van der Waals surface area contributed by atoms with E-state index >= 15 is 0 Å². The third-order valence-corrected chi connectivity index (χ3v) is 4.07. The van der Waals surface area contributed by atoms with Gasteiger partial charge in [0.2, 0.25) is 0 Å². The van der Waals surface area contributed by atoms with Gasteiger partial charge in [-0.25, -0.2) is 0 Å². The summed E-state index contributed by atoms with van der Waals surface area (Å²) in [5.41, 5.74) is 0. The van der Waals surface area contributed by atoms with Crippen LogP contribution >= 0.6 is 35.7 Å². The standard InChI is InChI=1S/C14H29N3S.HI/c1-3-15-14(17-11-12-18-2)16-10-6-9-13-7-4-5-8-13;/h13H,3-12H2,1-2H3,(H2,15,16,17);1H. The molecule has 0 spiro atoms. The zero-order valence-corrected chi connectivity index (χ0v) is 15.6. The fourth-order valence-corrected chi connectivity index (χ4v) is 2.79. The predicted octanol–water partition coefficient (Wildman–Crippen LogP) is 3.49. The van der Waals surface area contributed by atoms with Crippen LogP contribution in [0.15, 0.2) is 4.99 Å². The smallest absolute Gasteiger partial charge is 0.191 e. The van der Waals surface area contributed by atoms with Crippen molar-refractivity contribution in [1.29, 1.82) is 0 Å². The van der Waals surface area contributed by atoms with E-state index in [1.54, 1.807) is 0 Å². The van der Waals surface area contributed by atoms with E-state index in [1.807, 2.05) is 11.8 Å². The molecule has 1 saturated carbocycles. The van der Waals surface area contributed by atoms with Gasteiger partial charge in [-0.05, 0) is 31.9 Å². The first-order chi connectivity index (χ1) is 8.86. The Morgan fingerprint density at radius 1 is 1.26 bits per heavy atom. The van der Waals surface area contributed by atoms with Crippen molar-refractivity contribution in [2.24, 2.45) is 10.9 Å². The van der Waals surface area contributed by atoms with E-state index in [9.17, 15) is 0 Å². The van der Waals surface area contributed by atoms with Crippen molar-refractivity contribution in [2.75, 3.05) is 31.6 Å². The van der Waals surface area contributed by atoms with Crippen molar-refractivity contribution in [1.82, 2.24) is 10.6 Å². The van der Waals surface area contributed by atoms with Gasteiger partial charge in [-0.1, -0.05) is 25.7 Å². The molecule has 0 aromatic carbocycles. The van der Waals surface area contributed by atoms with Crippen LogP contribution in [0.25, 0.3) is 0 Å². The Morgan fingerprint density at radius 2 is 2.00 bits per heavy atom. The zero-order chi connectivity index (χ0) is 13.1. The lowest BCUT2D eigenvalue weighted by atomic mass is 10.0. The second-order valence-electron chi connectivity index (χ2n) is 4.97. The van der Waals surface area contributed by atoms with Crippen LogP contribution in [0.3, 0.4) is 0 Å². The molecule has 5 heteroatoms. The van der Waals surface area contributed by atoms with Gasteiger partial charge >= 0.3 is 0 Å². The van der Waals surface area contributed by atoms with Crippen LogP contribution in [0.4, 0.5) is 0 Å². The SMILES string of the molecule is CCNC(=NCCCC1CCCC1)NCCSC.I. The molecule has 0 heterocycles. The van der Waals surface area contributed by atoms with Crippen molar-refractivity contribution in [3.8, 4) is 0 Å². The number of rotatable bonds is 8. The maximum atomic E-state index is 4.63. The molecule has 19 heavy (non-hydrogen) atoms. The van der Waals surface area contributed by atoms with Crippen LogP contribution < -0.4 is 10.6 Å². The summed E-state index contributed by atoms with van der Waals surface area (Å²) in [6.07, 6.45) is 10.6. The van der Waals surface area contributed by atoms with Crippen molar-refractivity contribution in [2.45, 2.75) is 45.4 Å². The molecule has 3 nitrogen and oxygen atoms in total. The number of guanidine groups is 1. The maximum absolute atomic E-state index is 4.63. The van der Waals surface area contributed by atoms with Crippen LogP contribution in [0.1, 0.15) is 45.4 Å². The Kier molecular flexibility index (Phi) is 13.6. The average Bonchev–Trinajstić information content (AvgIpc) is 2.88.